The quantitative estimate of drug-likeness (QED) is 0.734. The van der Waals surface area contributed by atoms with Crippen molar-refractivity contribution in [2.45, 2.75) is 66.0 Å². The lowest BCUT2D eigenvalue weighted by Gasteiger charge is -2.18. The Bertz CT molecular complexity index is 321. The van der Waals surface area contributed by atoms with Crippen molar-refractivity contribution in [3.05, 3.63) is 12.2 Å². The Hall–Kier alpha value is -0.900. The number of hydrogen-bond acceptors (Lipinski definition) is 3. The van der Waals surface area contributed by atoms with Gasteiger partial charge in [0, 0.05) is 19.0 Å². The molecule has 0 saturated carbocycles. The van der Waals surface area contributed by atoms with Crippen molar-refractivity contribution in [1.29, 1.82) is 0 Å². The highest BCUT2D eigenvalue weighted by molar-refractivity contribution is 4.87. The standard InChI is InChI=1S/C14H28N4/c1-5-7-15-13(4)9-12(3)10-14-16-11-17-18(14)8-6-2/h11-13,15H,5-10H2,1-4H3. The summed E-state index contributed by atoms with van der Waals surface area (Å²) in [7, 11) is 0. The molecular formula is C14H28N4. The van der Waals surface area contributed by atoms with Crippen LogP contribution in [0.4, 0.5) is 0 Å². The Morgan fingerprint density at radius 1 is 1.28 bits per heavy atom. The van der Waals surface area contributed by atoms with Crippen LogP contribution < -0.4 is 5.32 Å². The lowest BCUT2D eigenvalue weighted by Crippen LogP contribution is -2.29. The molecule has 0 fully saturated rings. The zero-order valence-electron chi connectivity index (χ0n) is 12.3. The summed E-state index contributed by atoms with van der Waals surface area (Å²) in [5.41, 5.74) is 0. The van der Waals surface area contributed by atoms with Gasteiger partial charge in [-0.25, -0.2) is 4.98 Å². The number of rotatable bonds is 9. The van der Waals surface area contributed by atoms with Gasteiger partial charge in [0.1, 0.15) is 12.2 Å². The molecule has 0 amide bonds. The summed E-state index contributed by atoms with van der Waals surface area (Å²) in [4.78, 5) is 4.38. The van der Waals surface area contributed by atoms with Gasteiger partial charge in [-0.2, -0.15) is 5.10 Å². The minimum atomic E-state index is 0.586. The zero-order valence-corrected chi connectivity index (χ0v) is 12.3. The predicted molar refractivity (Wildman–Crippen MR) is 75.6 cm³/mol. The van der Waals surface area contributed by atoms with Crippen molar-refractivity contribution in [1.82, 2.24) is 20.1 Å². The van der Waals surface area contributed by atoms with E-state index in [1.165, 1.54) is 12.8 Å². The minimum Gasteiger partial charge on any atom is -0.314 e. The van der Waals surface area contributed by atoms with Crippen LogP contribution in [0.2, 0.25) is 0 Å². The van der Waals surface area contributed by atoms with E-state index in [1.807, 2.05) is 4.68 Å². The van der Waals surface area contributed by atoms with E-state index in [4.69, 9.17) is 0 Å². The topological polar surface area (TPSA) is 42.7 Å². The van der Waals surface area contributed by atoms with Crippen LogP contribution in [0.3, 0.4) is 0 Å². The summed E-state index contributed by atoms with van der Waals surface area (Å²) < 4.78 is 2.04. The summed E-state index contributed by atoms with van der Waals surface area (Å²) in [6.07, 6.45) is 6.20. The number of aromatic nitrogens is 3. The van der Waals surface area contributed by atoms with Crippen molar-refractivity contribution in [2.75, 3.05) is 6.54 Å². The van der Waals surface area contributed by atoms with Gasteiger partial charge in [-0.3, -0.25) is 4.68 Å². The third-order valence-electron chi connectivity index (χ3n) is 3.16. The second-order valence-corrected chi connectivity index (χ2v) is 5.30. The summed E-state index contributed by atoms with van der Waals surface area (Å²) in [6, 6.07) is 0.586. The molecule has 0 aliphatic heterocycles. The molecule has 1 heterocycles. The summed E-state index contributed by atoms with van der Waals surface area (Å²) in [5.74, 6) is 1.77. The summed E-state index contributed by atoms with van der Waals surface area (Å²) in [5, 5.41) is 7.82. The first-order valence-corrected chi connectivity index (χ1v) is 7.27. The molecule has 4 heteroatoms. The molecule has 4 nitrogen and oxygen atoms in total. The van der Waals surface area contributed by atoms with Crippen molar-refractivity contribution in [3.63, 3.8) is 0 Å². The van der Waals surface area contributed by atoms with E-state index in [-0.39, 0.29) is 0 Å². The van der Waals surface area contributed by atoms with Gasteiger partial charge < -0.3 is 5.32 Å². The van der Waals surface area contributed by atoms with Gasteiger partial charge in [0.05, 0.1) is 0 Å². The third-order valence-corrected chi connectivity index (χ3v) is 3.16. The Morgan fingerprint density at radius 2 is 2.06 bits per heavy atom. The van der Waals surface area contributed by atoms with Gasteiger partial charge >= 0.3 is 0 Å². The summed E-state index contributed by atoms with van der Waals surface area (Å²) >= 11 is 0. The van der Waals surface area contributed by atoms with Crippen LogP contribution >= 0.6 is 0 Å². The van der Waals surface area contributed by atoms with Crippen LogP contribution in [0.1, 0.15) is 52.8 Å². The van der Waals surface area contributed by atoms with Gasteiger partial charge in [0.15, 0.2) is 0 Å². The van der Waals surface area contributed by atoms with E-state index in [2.05, 4.69) is 43.1 Å². The molecule has 1 rings (SSSR count). The third kappa shape index (κ3) is 5.17. The monoisotopic (exact) mass is 252 g/mol. The molecule has 104 valence electrons. The van der Waals surface area contributed by atoms with Crippen LogP contribution in [0.15, 0.2) is 6.33 Å². The van der Waals surface area contributed by atoms with Crippen LogP contribution in [-0.2, 0) is 13.0 Å². The van der Waals surface area contributed by atoms with Gasteiger partial charge in [-0.05, 0) is 38.6 Å². The number of hydrogen-bond donors (Lipinski definition) is 1. The molecule has 0 aliphatic rings. The largest absolute Gasteiger partial charge is 0.314 e. The normalized spacial score (nSPS) is 14.7. The van der Waals surface area contributed by atoms with Crippen LogP contribution in [-0.4, -0.2) is 27.4 Å². The number of aryl methyl sites for hydroxylation is 1. The van der Waals surface area contributed by atoms with Gasteiger partial charge in [0.2, 0.25) is 0 Å². The fourth-order valence-corrected chi connectivity index (χ4v) is 2.32. The molecule has 0 saturated heterocycles. The molecule has 0 aliphatic carbocycles. The van der Waals surface area contributed by atoms with Gasteiger partial charge in [-0.15, -0.1) is 0 Å². The molecule has 0 bridgehead atoms. The molecule has 0 spiro atoms. The van der Waals surface area contributed by atoms with Gasteiger partial charge in [0.25, 0.3) is 0 Å². The maximum atomic E-state index is 4.38. The molecule has 0 radical (unpaired) electrons. The Morgan fingerprint density at radius 3 is 2.72 bits per heavy atom. The fourth-order valence-electron chi connectivity index (χ4n) is 2.32. The maximum Gasteiger partial charge on any atom is 0.138 e. The SMILES string of the molecule is CCCNC(C)CC(C)Cc1ncnn1CCC. The molecule has 1 N–H and O–H groups in total. The molecular weight excluding hydrogens is 224 g/mol. The first kappa shape index (κ1) is 15.2. The lowest BCUT2D eigenvalue weighted by atomic mass is 9.99. The first-order chi connectivity index (χ1) is 8.67. The molecule has 2 atom stereocenters. The zero-order chi connectivity index (χ0) is 13.4. The Kier molecular flexibility index (Phi) is 6.94. The van der Waals surface area contributed by atoms with Crippen molar-refractivity contribution < 1.29 is 0 Å². The van der Waals surface area contributed by atoms with Crippen molar-refractivity contribution >= 4 is 0 Å². The highest BCUT2D eigenvalue weighted by Crippen LogP contribution is 2.12. The van der Waals surface area contributed by atoms with E-state index in [9.17, 15) is 0 Å². The van der Waals surface area contributed by atoms with E-state index >= 15 is 0 Å². The highest BCUT2D eigenvalue weighted by Gasteiger charge is 2.12. The van der Waals surface area contributed by atoms with Crippen LogP contribution in [0.25, 0.3) is 0 Å². The highest BCUT2D eigenvalue weighted by atomic mass is 15.3. The predicted octanol–water partition coefficient (Wildman–Crippen LogP) is 2.64. The average molecular weight is 252 g/mol. The van der Waals surface area contributed by atoms with Crippen molar-refractivity contribution in [2.24, 2.45) is 5.92 Å². The van der Waals surface area contributed by atoms with E-state index < -0.39 is 0 Å². The summed E-state index contributed by atoms with van der Waals surface area (Å²) in [6.45, 7) is 11.0. The fraction of sp³-hybridized carbons (Fsp3) is 0.857. The number of nitrogens with zero attached hydrogens (tertiary/aromatic N) is 3. The smallest absolute Gasteiger partial charge is 0.138 e. The van der Waals surface area contributed by atoms with E-state index in [0.717, 1.165) is 31.8 Å². The van der Waals surface area contributed by atoms with Gasteiger partial charge in [-0.1, -0.05) is 20.8 Å². The molecule has 2 unspecified atom stereocenters. The molecule has 1 aromatic rings. The lowest BCUT2D eigenvalue weighted by molar-refractivity contribution is 0.406. The van der Waals surface area contributed by atoms with Crippen LogP contribution in [0.5, 0.6) is 0 Å². The van der Waals surface area contributed by atoms with Crippen LogP contribution in [0, 0.1) is 5.92 Å². The minimum absolute atomic E-state index is 0.586. The average Bonchev–Trinajstić information content (AvgIpc) is 2.74. The van der Waals surface area contributed by atoms with E-state index in [1.54, 1.807) is 6.33 Å². The van der Waals surface area contributed by atoms with Crippen molar-refractivity contribution in [3.8, 4) is 0 Å². The molecule has 1 aromatic heterocycles. The first-order valence-electron chi connectivity index (χ1n) is 7.27. The Balaban J connectivity index is 2.38. The maximum absolute atomic E-state index is 4.38. The molecule has 18 heavy (non-hydrogen) atoms. The molecule has 0 aromatic carbocycles. The van der Waals surface area contributed by atoms with E-state index in [0.29, 0.717) is 12.0 Å². The Labute approximate surface area is 111 Å². The number of nitrogens with one attached hydrogen (secondary N) is 1. The second kappa shape index (κ2) is 8.25. The second-order valence-electron chi connectivity index (χ2n) is 5.30.